The van der Waals surface area contributed by atoms with E-state index in [-0.39, 0.29) is 12.1 Å². The van der Waals surface area contributed by atoms with Crippen molar-refractivity contribution < 1.29 is 9.32 Å². The topological polar surface area (TPSA) is 95.0 Å². The lowest BCUT2D eigenvalue weighted by Gasteiger charge is -2.33. The standard InChI is InChI=1S/C22H21N5O2/c1-15-8-10-17(11-9-15)20-25-21(29-26-20)19-7-2-3-12-27(19)22(28)24-18-6-4-5-16(13-18)14-23/h4-6,8-11,13,19H,2-3,7,12H2,1H3,(H,24,28). The number of amides is 2. The maximum Gasteiger partial charge on any atom is 0.322 e. The highest BCUT2D eigenvalue weighted by atomic mass is 16.5. The number of aryl methyl sites for hydroxylation is 1. The van der Waals surface area contributed by atoms with Gasteiger partial charge >= 0.3 is 6.03 Å². The van der Waals surface area contributed by atoms with E-state index in [0.29, 0.717) is 29.5 Å². The van der Waals surface area contributed by atoms with E-state index >= 15 is 0 Å². The molecule has 7 heteroatoms. The van der Waals surface area contributed by atoms with E-state index in [1.54, 1.807) is 29.2 Å². The van der Waals surface area contributed by atoms with E-state index in [2.05, 4.69) is 21.5 Å². The van der Waals surface area contributed by atoms with Crippen molar-refractivity contribution in [3.8, 4) is 17.5 Å². The van der Waals surface area contributed by atoms with Crippen LogP contribution in [0.3, 0.4) is 0 Å². The van der Waals surface area contributed by atoms with Gasteiger partial charge in [0.25, 0.3) is 0 Å². The second-order valence-electron chi connectivity index (χ2n) is 7.15. The number of urea groups is 1. The maximum atomic E-state index is 12.9. The van der Waals surface area contributed by atoms with Crippen molar-refractivity contribution in [3.63, 3.8) is 0 Å². The molecule has 1 fully saturated rings. The first-order valence-electron chi connectivity index (χ1n) is 9.62. The van der Waals surface area contributed by atoms with Crippen molar-refractivity contribution >= 4 is 11.7 Å². The molecule has 1 saturated heterocycles. The lowest BCUT2D eigenvalue weighted by molar-refractivity contribution is 0.142. The van der Waals surface area contributed by atoms with Gasteiger partial charge in [0.15, 0.2) is 0 Å². The number of nitriles is 1. The first kappa shape index (κ1) is 18.7. The van der Waals surface area contributed by atoms with Gasteiger partial charge in [0.1, 0.15) is 6.04 Å². The number of hydrogen-bond acceptors (Lipinski definition) is 5. The number of nitrogens with zero attached hydrogens (tertiary/aromatic N) is 4. The quantitative estimate of drug-likeness (QED) is 0.704. The molecule has 0 radical (unpaired) electrons. The Kier molecular flexibility index (Phi) is 5.25. The van der Waals surface area contributed by atoms with Crippen LogP contribution in [0, 0.1) is 18.3 Å². The van der Waals surface area contributed by atoms with Gasteiger partial charge in [0.2, 0.25) is 11.7 Å². The Bertz CT molecular complexity index is 1050. The number of likely N-dealkylation sites (tertiary alicyclic amines) is 1. The summed E-state index contributed by atoms with van der Waals surface area (Å²) in [6.45, 7) is 2.63. The summed E-state index contributed by atoms with van der Waals surface area (Å²) in [7, 11) is 0. The molecule has 2 heterocycles. The Hall–Kier alpha value is -3.66. The minimum absolute atomic E-state index is 0.236. The van der Waals surface area contributed by atoms with Crippen LogP contribution in [0.25, 0.3) is 11.4 Å². The number of carbonyl (C=O) groups excluding carboxylic acids is 1. The molecule has 29 heavy (non-hydrogen) atoms. The number of benzene rings is 2. The number of hydrogen-bond donors (Lipinski definition) is 1. The predicted molar refractivity (Wildman–Crippen MR) is 108 cm³/mol. The summed E-state index contributed by atoms with van der Waals surface area (Å²) >= 11 is 0. The van der Waals surface area contributed by atoms with Crippen LogP contribution in [0.1, 0.15) is 42.3 Å². The fourth-order valence-corrected chi connectivity index (χ4v) is 3.48. The second kappa shape index (κ2) is 8.15. The minimum atomic E-state index is -0.269. The van der Waals surface area contributed by atoms with Crippen molar-refractivity contribution in [2.75, 3.05) is 11.9 Å². The molecule has 0 saturated carbocycles. The average molecular weight is 387 g/mol. The van der Waals surface area contributed by atoms with Gasteiger partial charge in [0.05, 0.1) is 11.6 Å². The smallest absolute Gasteiger partial charge is 0.322 e. The summed E-state index contributed by atoms with van der Waals surface area (Å²) in [4.78, 5) is 19.2. The lowest BCUT2D eigenvalue weighted by atomic mass is 10.0. The van der Waals surface area contributed by atoms with Gasteiger partial charge in [-0.3, -0.25) is 0 Å². The molecule has 1 aliphatic heterocycles. The molecule has 1 aliphatic rings. The molecule has 0 aliphatic carbocycles. The van der Waals surface area contributed by atoms with Crippen LogP contribution in [0.2, 0.25) is 0 Å². The van der Waals surface area contributed by atoms with Crippen molar-refractivity contribution in [1.82, 2.24) is 15.0 Å². The fourth-order valence-electron chi connectivity index (χ4n) is 3.48. The highest BCUT2D eigenvalue weighted by Gasteiger charge is 2.32. The normalized spacial score (nSPS) is 16.3. The number of piperidine rings is 1. The maximum absolute atomic E-state index is 12.9. The van der Waals surface area contributed by atoms with Crippen molar-refractivity contribution in [2.45, 2.75) is 32.2 Å². The molecule has 4 rings (SSSR count). The van der Waals surface area contributed by atoms with Gasteiger partial charge < -0.3 is 14.7 Å². The van der Waals surface area contributed by atoms with E-state index in [9.17, 15) is 4.79 Å². The summed E-state index contributed by atoms with van der Waals surface area (Å²) in [6, 6.07) is 16.3. The Morgan fingerprint density at radius 1 is 1.24 bits per heavy atom. The van der Waals surface area contributed by atoms with Gasteiger partial charge in [-0.1, -0.05) is 41.1 Å². The summed E-state index contributed by atoms with van der Waals surface area (Å²) in [6.07, 6.45) is 2.67. The Balaban J connectivity index is 1.53. The van der Waals surface area contributed by atoms with Crippen LogP contribution >= 0.6 is 0 Å². The zero-order valence-corrected chi connectivity index (χ0v) is 16.1. The van der Waals surface area contributed by atoms with E-state index < -0.39 is 0 Å². The minimum Gasteiger partial charge on any atom is -0.337 e. The molecule has 146 valence electrons. The van der Waals surface area contributed by atoms with Gasteiger partial charge in [-0.05, 0) is 44.4 Å². The molecular weight excluding hydrogens is 366 g/mol. The van der Waals surface area contributed by atoms with Crippen LogP contribution in [-0.2, 0) is 0 Å². The predicted octanol–water partition coefficient (Wildman–Crippen LogP) is 4.68. The Morgan fingerprint density at radius 2 is 2.07 bits per heavy atom. The zero-order chi connectivity index (χ0) is 20.2. The molecule has 2 amide bonds. The van der Waals surface area contributed by atoms with E-state index in [4.69, 9.17) is 9.78 Å². The summed E-state index contributed by atoms with van der Waals surface area (Å²) in [5.41, 5.74) is 3.13. The third-order valence-electron chi connectivity index (χ3n) is 5.04. The number of rotatable bonds is 3. The molecule has 1 aromatic heterocycles. The Labute approximate surface area is 169 Å². The third-order valence-corrected chi connectivity index (χ3v) is 5.04. The van der Waals surface area contributed by atoms with E-state index in [1.165, 1.54) is 0 Å². The van der Waals surface area contributed by atoms with Gasteiger partial charge in [-0.25, -0.2) is 4.79 Å². The third kappa shape index (κ3) is 4.11. The fraction of sp³-hybridized carbons (Fsp3) is 0.273. The monoisotopic (exact) mass is 387 g/mol. The molecule has 3 aromatic rings. The van der Waals surface area contributed by atoms with Gasteiger partial charge in [-0.15, -0.1) is 0 Å². The van der Waals surface area contributed by atoms with E-state index in [0.717, 1.165) is 30.4 Å². The molecule has 0 bridgehead atoms. The average Bonchev–Trinajstić information content (AvgIpc) is 3.24. The molecule has 2 aromatic carbocycles. The van der Waals surface area contributed by atoms with Crippen LogP contribution in [0.5, 0.6) is 0 Å². The highest BCUT2D eigenvalue weighted by molar-refractivity contribution is 5.89. The van der Waals surface area contributed by atoms with Crippen LogP contribution < -0.4 is 5.32 Å². The van der Waals surface area contributed by atoms with Crippen LogP contribution in [0.15, 0.2) is 53.1 Å². The number of aromatic nitrogens is 2. The molecule has 1 atom stereocenters. The number of anilines is 1. The first-order valence-corrected chi connectivity index (χ1v) is 9.62. The molecule has 0 spiro atoms. The van der Waals surface area contributed by atoms with Gasteiger partial charge in [0, 0.05) is 17.8 Å². The van der Waals surface area contributed by atoms with Crippen LogP contribution in [-0.4, -0.2) is 27.6 Å². The second-order valence-corrected chi connectivity index (χ2v) is 7.15. The number of nitrogens with one attached hydrogen (secondary N) is 1. The zero-order valence-electron chi connectivity index (χ0n) is 16.1. The lowest BCUT2D eigenvalue weighted by Crippen LogP contribution is -2.41. The largest absolute Gasteiger partial charge is 0.337 e. The molecule has 1 unspecified atom stereocenters. The highest BCUT2D eigenvalue weighted by Crippen LogP contribution is 2.31. The van der Waals surface area contributed by atoms with Crippen molar-refractivity contribution in [1.29, 1.82) is 5.26 Å². The van der Waals surface area contributed by atoms with Gasteiger partial charge in [-0.2, -0.15) is 10.2 Å². The van der Waals surface area contributed by atoms with Crippen molar-refractivity contribution in [3.05, 3.63) is 65.5 Å². The molecule has 1 N–H and O–H groups in total. The van der Waals surface area contributed by atoms with Crippen LogP contribution in [0.4, 0.5) is 10.5 Å². The van der Waals surface area contributed by atoms with Crippen molar-refractivity contribution in [2.24, 2.45) is 0 Å². The summed E-state index contributed by atoms with van der Waals surface area (Å²) < 4.78 is 5.53. The SMILES string of the molecule is Cc1ccc(-c2noc(C3CCCCN3C(=O)Nc3cccc(C#N)c3)n2)cc1. The Morgan fingerprint density at radius 3 is 2.86 bits per heavy atom. The summed E-state index contributed by atoms with van der Waals surface area (Å²) in [5.74, 6) is 0.967. The molecule has 7 nitrogen and oxygen atoms in total. The first-order chi connectivity index (χ1) is 14.1. The van der Waals surface area contributed by atoms with E-state index in [1.807, 2.05) is 31.2 Å². The number of carbonyl (C=O) groups is 1. The summed E-state index contributed by atoms with van der Waals surface area (Å²) in [5, 5.41) is 16.0. The molecular formula is C22H21N5O2.